The van der Waals surface area contributed by atoms with E-state index in [2.05, 4.69) is 26.8 Å². The summed E-state index contributed by atoms with van der Waals surface area (Å²) < 4.78 is 5.95. The molecule has 0 fully saturated rings. The van der Waals surface area contributed by atoms with Crippen LogP contribution in [0, 0.1) is 0 Å². The van der Waals surface area contributed by atoms with Crippen molar-refractivity contribution >= 4 is 5.69 Å². The van der Waals surface area contributed by atoms with E-state index in [1.807, 2.05) is 42.5 Å². The summed E-state index contributed by atoms with van der Waals surface area (Å²) in [5, 5.41) is 0. The number of nitrogen functional groups attached to an aromatic ring is 1. The van der Waals surface area contributed by atoms with E-state index >= 15 is 0 Å². The van der Waals surface area contributed by atoms with Crippen LogP contribution in [0.5, 0.6) is 5.75 Å². The number of hydrogen-bond donors (Lipinski definition) is 1. The van der Waals surface area contributed by atoms with E-state index in [1.54, 1.807) is 0 Å². The Morgan fingerprint density at radius 2 is 1.58 bits per heavy atom. The first-order valence-electron chi connectivity index (χ1n) is 6.54. The van der Waals surface area contributed by atoms with Crippen molar-refractivity contribution in [2.45, 2.75) is 32.8 Å². The molecule has 0 saturated carbocycles. The number of anilines is 1. The zero-order valence-electron chi connectivity index (χ0n) is 11.8. The highest BCUT2D eigenvalue weighted by Gasteiger charge is 2.18. The molecule has 2 N–H and O–H groups in total. The molecule has 2 heteroatoms. The molecule has 100 valence electrons. The van der Waals surface area contributed by atoms with Gasteiger partial charge in [-0.2, -0.15) is 0 Å². The second-order valence-electron chi connectivity index (χ2n) is 5.73. The predicted octanol–water partition coefficient (Wildman–Crippen LogP) is 4.15. The molecule has 0 heterocycles. The highest BCUT2D eigenvalue weighted by molar-refractivity contribution is 5.46. The Balaban J connectivity index is 2.19. The summed E-state index contributed by atoms with van der Waals surface area (Å²) in [6, 6.07) is 16.0. The highest BCUT2D eigenvalue weighted by Crippen LogP contribution is 2.31. The van der Waals surface area contributed by atoms with Gasteiger partial charge in [-0.15, -0.1) is 0 Å². The van der Waals surface area contributed by atoms with E-state index < -0.39 is 0 Å². The molecule has 0 unspecified atom stereocenters. The van der Waals surface area contributed by atoms with Crippen LogP contribution in [-0.4, -0.2) is 0 Å². The molecule has 0 spiro atoms. The molecule has 2 aromatic rings. The van der Waals surface area contributed by atoms with Gasteiger partial charge in [0.15, 0.2) is 0 Å². The average molecular weight is 255 g/mol. The fourth-order valence-corrected chi connectivity index (χ4v) is 2.03. The lowest BCUT2D eigenvalue weighted by Crippen LogP contribution is -2.13. The number of hydrogen-bond acceptors (Lipinski definition) is 2. The van der Waals surface area contributed by atoms with Gasteiger partial charge in [-0.25, -0.2) is 0 Å². The van der Waals surface area contributed by atoms with Gasteiger partial charge >= 0.3 is 0 Å². The van der Waals surface area contributed by atoms with Gasteiger partial charge in [0.2, 0.25) is 0 Å². The predicted molar refractivity (Wildman–Crippen MR) is 80.3 cm³/mol. The first-order chi connectivity index (χ1) is 8.98. The maximum Gasteiger partial charge on any atom is 0.123 e. The Bertz CT molecular complexity index is 555. The smallest absolute Gasteiger partial charge is 0.123 e. The van der Waals surface area contributed by atoms with Crippen molar-refractivity contribution in [3.8, 4) is 5.75 Å². The van der Waals surface area contributed by atoms with Gasteiger partial charge in [-0.3, -0.25) is 0 Å². The van der Waals surface area contributed by atoms with Crippen LogP contribution in [0.1, 0.15) is 31.9 Å². The molecule has 2 nitrogen and oxygen atoms in total. The molecule has 2 rings (SSSR count). The standard InChI is InChI=1S/C17H21NO/c1-17(2,3)14-9-5-7-11-16(14)19-12-13-8-4-6-10-15(13)18/h4-11H,12,18H2,1-3H3. The molecule has 0 radical (unpaired) electrons. The number of nitrogens with two attached hydrogens (primary N) is 1. The first-order valence-corrected chi connectivity index (χ1v) is 6.54. The summed E-state index contributed by atoms with van der Waals surface area (Å²) in [7, 11) is 0. The minimum Gasteiger partial charge on any atom is -0.489 e. The summed E-state index contributed by atoms with van der Waals surface area (Å²) in [6.45, 7) is 7.06. The second-order valence-corrected chi connectivity index (χ2v) is 5.73. The quantitative estimate of drug-likeness (QED) is 0.836. The summed E-state index contributed by atoms with van der Waals surface area (Å²) in [6.07, 6.45) is 0. The molecule has 0 aliphatic heterocycles. The Morgan fingerprint density at radius 1 is 0.947 bits per heavy atom. The van der Waals surface area contributed by atoms with Crippen LogP contribution in [-0.2, 0) is 12.0 Å². The minimum atomic E-state index is 0.0683. The second kappa shape index (κ2) is 5.35. The molecule has 0 aliphatic carbocycles. The van der Waals surface area contributed by atoms with Crippen LogP contribution in [0.15, 0.2) is 48.5 Å². The van der Waals surface area contributed by atoms with Gasteiger partial charge in [0.05, 0.1) is 0 Å². The van der Waals surface area contributed by atoms with E-state index in [0.29, 0.717) is 6.61 Å². The van der Waals surface area contributed by atoms with Crippen LogP contribution in [0.25, 0.3) is 0 Å². The van der Waals surface area contributed by atoms with Crippen LogP contribution >= 0.6 is 0 Å². The number of rotatable bonds is 3. The summed E-state index contributed by atoms with van der Waals surface area (Å²) in [5.74, 6) is 0.929. The SMILES string of the molecule is CC(C)(C)c1ccccc1OCc1ccccc1N. The topological polar surface area (TPSA) is 35.2 Å². The minimum absolute atomic E-state index is 0.0683. The van der Waals surface area contributed by atoms with E-state index in [9.17, 15) is 0 Å². The lowest BCUT2D eigenvalue weighted by Gasteiger charge is -2.22. The number of para-hydroxylation sites is 2. The lowest BCUT2D eigenvalue weighted by molar-refractivity contribution is 0.298. The number of ether oxygens (including phenoxy) is 1. The molecule has 0 aromatic heterocycles. The molecular formula is C17H21NO. The first kappa shape index (κ1) is 13.5. The zero-order chi connectivity index (χ0) is 13.9. The monoisotopic (exact) mass is 255 g/mol. The maximum atomic E-state index is 5.95. The molecule has 0 saturated heterocycles. The summed E-state index contributed by atoms with van der Waals surface area (Å²) in [4.78, 5) is 0. The van der Waals surface area contributed by atoms with Gasteiger partial charge in [0, 0.05) is 11.3 Å². The van der Waals surface area contributed by atoms with Gasteiger partial charge in [-0.05, 0) is 23.1 Å². The molecular weight excluding hydrogens is 234 g/mol. The third-order valence-corrected chi connectivity index (χ3v) is 3.13. The number of benzene rings is 2. The van der Waals surface area contributed by atoms with Crippen molar-refractivity contribution in [2.24, 2.45) is 0 Å². The van der Waals surface area contributed by atoms with E-state index in [1.165, 1.54) is 5.56 Å². The van der Waals surface area contributed by atoms with Gasteiger partial charge in [0.25, 0.3) is 0 Å². The Labute approximate surface area is 115 Å². The van der Waals surface area contributed by atoms with Crippen LogP contribution < -0.4 is 10.5 Å². The molecule has 0 aliphatic rings. The van der Waals surface area contributed by atoms with Crippen LogP contribution in [0.3, 0.4) is 0 Å². The van der Waals surface area contributed by atoms with E-state index in [4.69, 9.17) is 10.5 Å². The van der Waals surface area contributed by atoms with Crippen molar-refractivity contribution in [2.75, 3.05) is 5.73 Å². The van der Waals surface area contributed by atoms with Crippen molar-refractivity contribution in [1.29, 1.82) is 0 Å². The Morgan fingerprint density at radius 3 is 2.26 bits per heavy atom. The summed E-state index contributed by atoms with van der Waals surface area (Å²) >= 11 is 0. The molecule has 19 heavy (non-hydrogen) atoms. The van der Waals surface area contributed by atoms with Crippen LogP contribution in [0.4, 0.5) is 5.69 Å². The van der Waals surface area contributed by atoms with Crippen molar-refractivity contribution < 1.29 is 4.74 Å². The molecule has 2 aromatic carbocycles. The van der Waals surface area contributed by atoms with Crippen molar-refractivity contribution in [3.63, 3.8) is 0 Å². The fourth-order valence-electron chi connectivity index (χ4n) is 2.03. The lowest BCUT2D eigenvalue weighted by atomic mass is 9.86. The maximum absolute atomic E-state index is 5.95. The largest absolute Gasteiger partial charge is 0.489 e. The van der Waals surface area contributed by atoms with Gasteiger partial charge in [0.1, 0.15) is 12.4 Å². The van der Waals surface area contributed by atoms with Gasteiger partial charge in [-0.1, -0.05) is 57.2 Å². The molecule has 0 bridgehead atoms. The zero-order valence-corrected chi connectivity index (χ0v) is 11.8. The normalized spacial score (nSPS) is 11.3. The van der Waals surface area contributed by atoms with Crippen LogP contribution in [0.2, 0.25) is 0 Å². The van der Waals surface area contributed by atoms with Crippen molar-refractivity contribution in [3.05, 3.63) is 59.7 Å². The average Bonchev–Trinajstić information content (AvgIpc) is 2.37. The third kappa shape index (κ3) is 3.28. The molecule has 0 atom stereocenters. The van der Waals surface area contributed by atoms with E-state index in [-0.39, 0.29) is 5.41 Å². The Kier molecular flexibility index (Phi) is 3.79. The highest BCUT2D eigenvalue weighted by atomic mass is 16.5. The van der Waals surface area contributed by atoms with E-state index in [0.717, 1.165) is 17.0 Å². The fraction of sp³-hybridized carbons (Fsp3) is 0.294. The Hall–Kier alpha value is -1.96. The van der Waals surface area contributed by atoms with Crippen molar-refractivity contribution in [1.82, 2.24) is 0 Å². The third-order valence-electron chi connectivity index (χ3n) is 3.13. The van der Waals surface area contributed by atoms with Gasteiger partial charge < -0.3 is 10.5 Å². The summed E-state index contributed by atoms with van der Waals surface area (Å²) in [5.41, 5.74) is 9.00. The molecule has 0 amide bonds.